The van der Waals surface area contributed by atoms with Crippen LogP contribution < -0.4 is 0 Å². The van der Waals surface area contributed by atoms with Gasteiger partial charge in [0.2, 0.25) is 0 Å². The Morgan fingerprint density at radius 1 is 1.14 bits per heavy atom. The molecule has 0 saturated carbocycles. The molecule has 3 rings (SSSR count). The Balaban J connectivity index is 2.32. The van der Waals surface area contributed by atoms with Gasteiger partial charge in [-0.3, -0.25) is 0 Å². The number of halogens is 1. The van der Waals surface area contributed by atoms with Crippen molar-refractivity contribution in [3.8, 4) is 16.9 Å². The molecular formula is C17H13ClN2O2. The molecule has 1 N–H and O–H groups in total. The lowest BCUT2D eigenvalue weighted by atomic mass is 10.1. The summed E-state index contributed by atoms with van der Waals surface area (Å²) in [7, 11) is 0. The molecule has 0 amide bonds. The van der Waals surface area contributed by atoms with Gasteiger partial charge in [-0.25, -0.2) is 9.48 Å². The van der Waals surface area contributed by atoms with Gasteiger partial charge >= 0.3 is 5.97 Å². The van der Waals surface area contributed by atoms with Gasteiger partial charge in [-0.2, -0.15) is 5.10 Å². The van der Waals surface area contributed by atoms with Crippen LogP contribution in [0.25, 0.3) is 16.9 Å². The average Bonchev–Trinajstić information content (AvgIpc) is 2.86. The quantitative estimate of drug-likeness (QED) is 0.788. The van der Waals surface area contributed by atoms with Crippen LogP contribution >= 0.6 is 11.6 Å². The molecule has 0 atom stereocenters. The summed E-state index contributed by atoms with van der Waals surface area (Å²) in [5, 5.41) is 14.5. The highest BCUT2D eigenvalue weighted by Crippen LogP contribution is 2.29. The van der Waals surface area contributed by atoms with Crippen molar-refractivity contribution < 1.29 is 9.90 Å². The molecule has 4 nitrogen and oxygen atoms in total. The van der Waals surface area contributed by atoms with Gasteiger partial charge in [-0.1, -0.05) is 48.0 Å². The van der Waals surface area contributed by atoms with Crippen LogP contribution in [0.5, 0.6) is 0 Å². The maximum absolute atomic E-state index is 11.6. The van der Waals surface area contributed by atoms with E-state index >= 15 is 0 Å². The Morgan fingerprint density at radius 2 is 1.86 bits per heavy atom. The molecule has 1 aromatic heterocycles. The first kappa shape index (κ1) is 14.4. The minimum atomic E-state index is -0.996. The molecule has 0 unspecified atom stereocenters. The maximum Gasteiger partial charge on any atom is 0.339 e. The highest BCUT2D eigenvalue weighted by Gasteiger charge is 2.23. The Bertz CT molecular complexity index is 841. The van der Waals surface area contributed by atoms with Gasteiger partial charge in [0, 0.05) is 10.6 Å². The smallest absolute Gasteiger partial charge is 0.339 e. The zero-order valence-electron chi connectivity index (χ0n) is 11.8. The second kappa shape index (κ2) is 5.66. The molecule has 1 heterocycles. The van der Waals surface area contributed by atoms with Gasteiger partial charge < -0.3 is 5.11 Å². The van der Waals surface area contributed by atoms with Crippen molar-refractivity contribution in [1.82, 2.24) is 9.78 Å². The molecule has 22 heavy (non-hydrogen) atoms. The molecule has 0 spiro atoms. The zero-order chi connectivity index (χ0) is 15.7. The number of nitrogens with zero attached hydrogens (tertiary/aromatic N) is 2. The summed E-state index contributed by atoms with van der Waals surface area (Å²) >= 11 is 6.04. The molecule has 0 saturated heterocycles. The largest absolute Gasteiger partial charge is 0.478 e. The second-order valence-electron chi connectivity index (χ2n) is 4.87. The number of hydrogen-bond donors (Lipinski definition) is 1. The fraction of sp³-hybridized carbons (Fsp3) is 0.0588. The average molecular weight is 313 g/mol. The SMILES string of the molecule is Cc1nn(-c2cccc(Cl)c2)c(-c2ccccc2)c1C(=O)O. The number of aromatic carboxylic acids is 1. The third-order valence-electron chi connectivity index (χ3n) is 3.37. The fourth-order valence-corrected chi connectivity index (χ4v) is 2.63. The minimum Gasteiger partial charge on any atom is -0.478 e. The van der Waals surface area contributed by atoms with Crippen LogP contribution in [0.1, 0.15) is 16.1 Å². The summed E-state index contributed by atoms with van der Waals surface area (Å²) in [5.41, 5.74) is 2.73. The number of aryl methyl sites for hydroxylation is 1. The number of carbonyl (C=O) groups is 1. The predicted octanol–water partition coefficient (Wildman–Crippen LogP) is 4.20. The van der Waals surface area contributed by atoms with Crippen LogP contribution in [0.2, 0.25) is 5.02 Å². The number of rotatable bonds is 3. The summed E-state index contributed by atoms with van der Waals surface area (Å²) in [4.78, 5) is 11.6. The molecule has 110 valence electrons. The van der Waals surface area contributed by atoms with E-state index in [-0.39, 0.29) is 5.56 Å². The van der Waals surface area contributed by atoms with E-state index in [4.69, 9.17) is 11.6 Å². The molecule has 0 fully saturated rings. The molecule has 0 aliphatic heterocycles. The lowest BCUT2D eigenvalue weighted by molar-refractivity contribution is 0.0697. The van der Waals surface area contributed by atoms with E-state index in [1.54, 1.807) is 23.7 Å². The van der Waals surface area contributed by atoms with Crippen LogP contribution in [0.3, 0.4) is 0 Å². The van der Waals surface area contributed by atoms with Crippen LogP contribution in [-0.4, -0.2) is 20.9 Å². The third-order valence-corrected chi connectivity index (χ3v) is 3.61. The second-order valence-corrected chi connectivity index (χ2v) is 5.31. The Labute approximate surface area is 132 Å². The van der Waals surface area contributed by atoms with Gasteiger partial charge in [0.05, 0.1) is 17.1 Å². The van der Waals surface area contributed by atoms with Crippen molar-refractivity contribution in [3.63, 3.8) is 0 Å². The van der Waals surface area contributed by atoms with Gasteiger partial charge in [0.1, 0.15) is 5.56 Å². The Morgan fingerprint density at radius 3 is 2.50 bits per heavy atom. The van der Waals surface area contributed by atoms with E-state index in [0.29, 0.717) is 16.4 Å². The number of carboxylic acid groups (broad SMARTS) is 1. The molecule has 0 bridgehead atoms. The minimum absolute atomic E-state index is 0.200. The van der Waals surface area contributed by atoms with E-state index in [1.165, 1.54) is 0 Å². The summed E-state index contributed by atoms with van der Waals surface area (Å²) < 4.78 is 1.62. The first-order chi connectivity index (χ1) is 10.6. The van der Waals surface area contributed by atoms with E-state index in [1.807, 2.05) is 42.5 Å². The molecule has 0 aliphatic rings. The van der Waals surface area contributed by atoms with Gasteiger partial charge in [-0.15, -0.1) is 0 Å². The van der Waals surface area contributed by atoms with E-state index in [9.17, 15) is 9.90 Å². The van der Waals surface area contributed by atoms with Crippen molar-refractivity contribution in [2.24, 2.45) is 0 Å². The zero-order valence-corrected chi connectivity index (χ0v) is 12.6. The normalized spacial score (nSPS) is 10.6. The van der Waals surface area contributed by atoms with Crippen molar-refractivity contribution in [2.45, 2.75) is 6.92 Å². The molecular weight excluding hydrogens is 300 g/mol. The van der Waals surface area contributed by atoms with Crippen molar-refractivity contribution >= 4 is 17.6 Å². The lowest BCUT2D eigenvalue weighted by Gasteiger charge is -2.09. The van der Waals surface area contributed by atoms with Crippen LogP contribution in [0.4, 0.5) is 0 Å². The predicted molar refractivity (Wildman–Crippen MR) is 85.7 cm³/mol. The lowest BCUT2D eigenvalue weighted by Crippen LogP contribution is -2.03. The van der Waals surface area contributed by atoms with Crippen molar-refractivity contribution in [3.05, 3.63) is 70.9 Å². The topological polar surface area (TPSA) is 55.1 Å². The number of carboxylic acids is 1. The highest BCUT2D eigenvalue weighted by molar-refractivity contribution is 6.30. The van der Waals surface area contributed by atoms with Gasteiger partial charge in [0.15, 0.2) is 0 Å². The number of benzene rings is 2. The van der Waals surface area contributed by atoms with Crippen LogP contribution in [0, 0.1) is 6.92 Å². The summed E-state index contributed by atoms with van der Waals surface area (Å²) in [6.45, 7) is 1.69. The summed E-state index contributed by atoms with van der Waals surface area (Å²) in [6.07, 6.45) is 0. The van der Waals surface area contributed by atoms with Crippen molar-refractivity contribution in [2.75, 3.05) is 0 Å². The Kier molecular flexibility index (Phi) is 3.69. The molecule has 3 aromatic rings. The monoisotopic (exact) mass is 312 g/mol. The van der Waals surface area contributed by atoms with E-state index in [0.717, 1.165) is 11.3 Å². The maximum atomic E-state index is 11.6. The van der Waals surface area contributed by atoms with Crippen molar-refractivity contribution in [1.29, 1.82) is 0 Å². The summed E-state index contributed by atoms with van der Waals surface area (Å²) in [5.74, 6) is -0.996. The molecule has 0 radical (unpaired) electrons. The highest BCUT2D eigenvalue weighted by atomic mass is 35.5. The van der Waals surface area contributed by atoms with Crippen LogP contribution in [0.15, 0.2) is 54.6 Å². The number of aromatic nitrogens is 2. The van der Waals surface area contributed by atoms with Crippen LogP contribution in [-0.2, 0) is 0 Å². The molecule has 0 aliphatic carbocycles. The van der Waals surface area contributed by atoms with Gasteiger partial charge in [-0.05, 0) is 25.1 Å². The Hall–Kier alpha value is -2.59. The third kappa shape index (κ3) is 2.49. The van der Waals surface area contributed by atoms with E-state index in [2.05, 4.69) is 5.10 Å². The standard InChI is InChI=1S/C17H13ClN2O2/c1-11-15(17(21)22)16(12-6-3-2-4-7-12)20(19-11)14-9-5-8-13(18)10-14/h2-10H,1H3,(H,21,22). The summed E-state index contributed by atoms with van der Waals surface area (Å²) in [6, 6.07) is 16.5. The molecule has 2 aromatic carbocycles. The molecule has 5 heteroatoms. The fourth-order valence-electron chi connectivity index (χ4n) is 2.44. The number of hydrogen-bond acceptors (Lipinski definition) is 2. The van der Waals surface area contributed by atoms with Gasteiger partial charge in [0.25, 0.3) is 0 Å². The first-order valence-corrected chi connectivity index (χ1v) is 7.10. The first-order valence-electron chi connectivity index (χ1n) is 6.72. The van der Waals surface area contributed by atoms with E-state index < -0.39 is 5.97 Å².